The van der Waals surface area contributed by atoms with Crippen molar-refractivity contribution >= 4 is 17.6 Å². The molecule has 1 aliphatic rings. The van der Waals surface area contributed by atoms with Gasteiger partial charge in [-0.2, -0.15) is 0 Å². The number of carbonyl (C=O) groups is 2. The molecule has 1 fully saturated rings. The molecule has 0 unspecified atom stereocenters. The lowest BCUT2D eigenvalue weighted by Gasteiger charge is -2.18. The summed E-state index contributed by atoms with van der Waals surface area (Å²) < 4.78 is 5.18. The molecule has 1 aliphatic heterocycles. The van der Waals surface area contributed by atoms with E-state index in [4.69, 9.17) is 4.74 Å². The molecule has 0 aromatic heterocycles. The maximum atomic E-state index is 12.2. The lowest BCUT2D eigenvalue weighted by atomic mass is 10.2. The van der Waals surface area contributed by atoms with E-state index >= 15 is 0 Å². The first-order chi connectivity index (χ1) is 11.0. The molecule has 7 nitrogen and oxygen atoms in total. The van der Waals surface area contributed by atoms with Gasteiger partial charge < -0.3 is 25.2 Å². The maximum Gasteiger partial charge on any atom is 0.315 e. The molecule has 1 aromatic carbocycles. The second-order valence-corrected chi connectivity index (χ2v) is 5.81. The first-order valence-corrected chi connectivity index (χ1v) is 7.63. The fourth-order valence-electron chi connectivity index (χ4n) is 2.46. The van der Waals surface area contributed by atoms with E-state index in [0.29, 0.717) is 25.3 Å². The van der Waals surface area contributed by atoms with Crippen LogP contribution in [-0.2, 0) is 4.79 Å². The Morgan fingerprint density at radius 1 is 1.43 bits per heavy atom. The molecule has 23 heavy (non-hydrogen) atoms. The van der Waals surface area contributed by atoms with Gasteiger partial charge in [-0.15, -0.1) is 0 Å². The smallest absolute Gasteiger partial charge is 0.315 e. The third-order valence-electron chi connectivity index (χ3n) is 3.67. The summed E-state index contributed by atoms with van der Waals surface area (Å²) in [5.41, 5.74) is 0.784. The van der Waals surface area contributed by atoms with Crippen LogP contribution in [0.4, 0.5) is 10.5 Å². The van der Waals surface area contributed by atoms with Gasteiger partial charge in [0.15, 0.2) is 0 Å². The number of hydrogen-bond acceptors (Lipinski definition) is 4. The highest BCUT2D eigenvalue weighted by molar-refractivity contribution is 5.97. The van der Waals surface area contributed by atoms with Crippen molar-refractivity contribution in [2.45, 2.75) is 12.5 Å². The molecular formula is C16H24N4O3. The van der Waals surface area contributed by atoms with Gasteiger partial charge in [0.25, 0.3) is 0 Å². The van der Waals surface area contributed by atoms with Crippen LogP contribution in [0.2, 0.25) is 0 Å². The molecule has 126 valence electrons. The Hall–Kier alpha value is -2.28. The quantitative estimate of drug-likeness (QED) is 0.808. The van der Waals surface area contributed by atoms with Crippen LogP contribution in [0.1, 0.15) is 6.42 Å². The number of carbonyl (C=O) groups excluding carboxylic acids is 2. The highest BCUT2D eigenvalue weighted by Crippen LogP contribution is 2.25. The van der Waals surface area contributed by atoms with Gasteiger partial charge in [-0.05, 0) is 26.2 Å². The molecule has 2 rings (SSSR count). The summed E-state index contributed by atoms with van der Waals surface area (Å²) in [6.07, 6.45) is 0.304. The topological polar surface area (TPSA) is 73.9 Å². The lowest BCUT2D eigenvalue weighted by molar-refractivity contribution is -0.117. The van der Waals surface area contributed by atoms with Gasteiger partial charge in [-0.3, -0.25) is 4.79 Å². The van der Waals surface area contributed by atoms with Crippen molar-refractivity contribution in [2.24, 2.45) is 0 Å². The average Bonchev–Trinajstić information content (AvgIpc) is 2.87. The van der Waals surface area contributed by atoms with Gasteiger partial charge in [0.05, 0.1) is 13.2 Å². The van der Waals surface area contributed by atoms with Crippen LogP contribution in [0.15, 0.2) is 24.3 Å². The first-order valence-electron chi connectivity index (χ1n) is 7.63. The van der Waals surface area contributed by atoms with Crippen molar-refractivity contribution in [1.82, 2.24) is 15.5 Å². The SMILES string of the molecule is COc1cccc(N2C[C@H](NC(=O)NCCN(C)C)CC2=O)c1. The van der Waals surface area contributed by atoms with Crippen LogP contribution in [0.3, 0.4) is 0 Å². The largest absolute Gasteiger partial charge is 0.497 e. The van der Waals surface area contributed by atoms with Crippen molar-refractivity contribution in [1.29, 1.82) is 0 Å². The summed E-state index contributed by atoms with van der Waals surface area (Å²) in [5.74, 6) is 0.699. The third kappa shape index (κ3) is 4.85. The molecule has 0 radical (unpaired) electrons. The van der Waals surface area contributed by atoms with E-state index in [0.717, 1.165) is 12.2 Å². The Labute approximate surface area is 136 Å². The summed E-state index contributed by atoms with van der Waals surface area (Å²) in [7, 11) is 5.48. The number of urea groups is 1. The number of hydrogen-bond donors (Lipinski definition) is 2. The minimum absolute atomic E-state index is 0.00292. The third-order valence-corrected chi connectivity index (χ3v) is 3.67. The monoisotopic (exact) mass is 320 g/mol. The predicted octanol–water partition coefficient (Wildman–Crippen LogP) is 0.661. The second kappa shape index (κ2) is 7.82. The number of amides is 3. The molecule has 0 saturated carbocycles. The van der Waals surface area contributed by atoms with Gasteiger partial charge in [0.2, 0.25) is 5.91 Å². The molecule has 0 spiro atoms. The fourth-order valence-corrected chi connectivity index (χ4v) is 2.46. The summed E-state index contributed by atoms with van der Waals surface area (Å²) in [4.78, 5) is 27.7. The summed E-state index contributed by atoms with van der Waals surface area (Å²) in [5, 5.41) is 5.64. The Balaban J connectivity index is 1.88. The number of nitrogens with one attached hydrogen (secondary N) is 2. The summed E-state index contributed by atoms with van der Waals surface area (Å²) in [6.45, 7) is 1.80. The Morgan fingerprint density at radius 2 is 2.22 bits per heavy atom. The Kier molecular flexibility index (Phi) is 5.81. The van der Waals surface area contributed by atoms with Crippen LogP contribution in [-0.4, -0.2) is 63.7 Å². The lowest BCUT2D eigenvalue weighted by Crippen LogP contribution is -2.45. The molecule has 1 atom stereocenters. The number of rotatable bonds is 6. The van der Waals surface area contributed by atoms with Gasteiger partial charge in [-0.25, -0.2) is 4.79 Å². The molecule has 0 aliphatic carbocycles. The molecule has 0 bridgehead atoms. The normalized spacial score (nSPS) is 17.5. The molecule has 2 N–H and O–H groups in total. The van der Waals surface area contributed by atoms with E-state index < -0.39 is 0 Å². The standard InChI is InChI=1S/C16H24N4O3/c1-19(2)8-7-17-16(22)18-12-9-15(21)20(11-12)13-5-4-6-14(10-13)23-3/h4-6,10,12H,7-9,11H2,1-3H3,(H2,17,18,22)/t12-/m1/s1. The number of nitrogens with zero attached hydrogens (tertiary/aromatic N) is 2. The molecular weight excluding hydrogens is 296 g/mol. The highest BCUT2D eigenvalue weighted by Gasteiger charge is 2.31. The van der Waals surface area contributed by atoms with Crippen LogP contribution in [0, 0.1) is 0 Å². The maximum absolute atomic E-state index is 12.2. The van der Waals surface area contributed by atoms with Crippen molar-refractivity contribution in [3.05, 3.63) is 24.3 Å². The summed E-state index contributed by atoms with van der Waals surface area (Å²) in [6, 6.07) is 6.93. The molecule has 3 amide bonds. The van der Waals surface area contributed by atoms with E-state index in [1.807, 2.05) is 43.3 Å². The van der Waals surface area contributed by atoms with E-state index in [1.165, 1.54) is 0 Å². The average molecular weight is 320 g/mol. The molecule has 1 heterocycles. The number of ether oxygens (including phenoxy) is 1. The molecule has 1 saturated heterocycles. The first kappa shape index (κ1) is 17.1. The zero-order valence-corrected chi connectivity index (χ0v) is 13.8. The van der Waals surface area contributed by atoms with Crippen molar-refractivity contribution < 1.29 is 14.3 Å². The van der Waals surface area contributed by atoms with E-state index in [2.05, 4.69) is 10.6 Å². The van der Waals surface area contributed by atoms with E-state index in [1.54, 1.807) is 12.0 Å². The predicted molar refractivity (Wildman–Crippen MR) is 88.8 cm³/mol. The number of benzene rings is 1. The molecule has 1 aromatic rings. The number of anilines is 1. The van der Waals surface area contributed by atoms with Gasteiger partial charge >= 0.3 is 6.03 Å². The van der Waals surface area contributed by atoms with Gasteiger partial charge in [-0.1, -0.05) is 6.07 Å². The van der Waals surface area contributed by atoms with Crippen molar-refractivity contribution in [2.75, 3.05) is 45.7 Å². The van der Waals surface area contributed by atoms with E-state index in [-0.39, 0.29) is 18.0 Å². The van der Waals surface area contributed by atoms with Crippen LogP contribution in [0.5, 0.6) is 5.75 Å². The van der Waals surface area contributed by atoms with Crippen LogP contribution >= 0.6 is 0 Å². The Morgan fingerprint density at radius 3 is 2.91 bits per heavy atom. The zero-order valence-electron chi connectivity index (χ0n) is 13.8. The van der Waals surface area contributed by atoms with Gasteiger partial charge in [0, 0.05) is 37.8 Å². The summed E-state index contributed by atoms with van der Waals surface area (Å²) >= 11 is 0. The van der Waals surface area contributed by atoms with Gasteiger partial charge in [0.1, 0.15) is 5.75 Å². The van der Waals surface area contributed by atoms with Crippen LogP contribution in [0.25, 0.3) is 0 Å². The number of methoxy groups -OCH3 is 1. The fraction of sp³-hybridized carbons (Fsp3) is 0.500. The minimum atomic E-state index is -0.239. The zero-order chi connectivity index (χ0) is 16.8. The molecule has 7 heteroatoms. The van der Waals surface area contributed by atoms with Crippen molar-refractivity contribution in [3.8, 4) is 5.75 Å². The van der Waals surface area contributed by atoms with Crippen molar-refractivity contribution in [3.63, 3.8) is 0 Å². The van der Waals surface area contributed by atoms with Crippen LogP contribution < -0.4 is 20.3 Å². The van der Waals surface area contributed by atoms with E-state index in [9.17, 15) is 9.59 Å². The minimum Gasteiger partial charge on any atom is -0.497 e. The number of likely N-dealkylation sites (N-methyl/N-ethyl adjacent to an activating group) is 1. The Bertz CT molecular complexity index is 562. The highest BCUT2D eigenvalue weighted by atomic mass is 16.5. The second-order valence-electron chi connectivity index (χ2n) is 5.81.